The number of hydrogen-bond acceptors (Lipinski definition) is 4. The molecule has 0 radical (unpaired) electrons. The van der Waals surface area contributed by atoms with E-state index in [0.29, 0.717) is 18.5 Å². The van der Waals surface area contributed by atoms with E-state index in [-0.39, 0.29) is 24.4 Å². The van der Waals surface area contributed by atoms with Gasteiger partial charge in [0.15, 0.2) is 0 Å². The van der Waals surface area contributed by atoms with E-state index < -0.39 is 0 Å². The van der Waals surface area contributed by atoms with Crippen LogP contribution in [0, 0.1) is 5.92 Å². The Morgan fingerprint density at radius 1 is 1.67 bits per heavy atom. The van der Waals surface area contributed by atoms with Crippen LogP contribution in [0.4, 0.5) is 0 Å². The zero-order valence-electron chi connectivity index (χ0n) is 9.60. The van der Waals surface area contributed by atoms with Crippen molar-refractivity contribution in [1.82, 2.24) is 4.90 Å². The predicted molar refractivity (Wildman–Crippen MR) is 62.1 cm³/mol. The highest BCUT2D eigenvalue weighted by molar-refractivity contribution is 5.85. The molecule has 3 atom stereocenters. The van der Waals surface area contributed by atoms with Crippen LogP contribution < -0.4 is 5.73 Å². The van der Waals surface area contributed by atoms with Gasteiger partial charge in [0.1, 0.15) is 6.04 Å². The average Bonchev–Trinajstić information content (AvgIpc) is 2.57. The highest BCUT2D eigenvalue weighted by atomic mass is 35.5. The van der Waals surface area contributed by atoms with E-state index in [0.717, 1.165) is 13.0 Å². The first-order valence-corrected chi connectivity index (χ1v) is 5.13. The van der Waals surface area contributed by atoms with Crippen molar-refractivity contribution < 1.29 is 9.53 Å². The van der Waals surface area contributed by atoms with Crippen molar-refractivity contribution in [2.45, 2.75) is 32.4 Å². The van der Waals surface area contributed by atoms with Crippen LogP contribution in [0.3, 0.4) is 0 Å². The quantitative estimate of drug-likeness (QED) is 0.731. The van der Waals surface area contributed by atoms with Crippen molar-refractivity contribution in [3.05, 3.63) is 0 Å². The lowest BCUT2D eigenvalue weighted by Gasteiger charge is -2.26. The molecule has 15 heavy (non-hydrogen) atoms. The summed E-state index contributed by atoms with van der Waals surface area (Å²) in [6.45, 7) is 5.64. The van der Waals surface area contributed by atoms with Gasteiger partial charge >= 0.3 is 5.97 Å². The second-order valence-corrected chi connectivity index (χ2v) is 4.08. The molecular weight excluding hydrogens is 216 g/mol. The molecule has 0 aromatic heterocycles. The summed E-state index contributed by atoms with van der Waals surface area (Å²) < 4.78 is 4.73. The molecule has 1 fully saturated rings. The monoisotopic (exact) mass is 236 g/mol. The molecule has 0 spiro atoms. The maximum Gasteiger partial charge on any atom is 0.322 e. The van der Waals surface area contributed by atoms with E-state index in [2.05, 4.69) is 11.8 Å². The predicted octanol–water partition coefficient (Wildman–Crippen LogP) is 0.639. The number of likely N-dealkylation sites (tertiary alicyclic amines) is 1. The zero-order valence-corrected chi connectivity index (χ0v) is 10.4. The summed E-state index contributed by atoms with van der Waals surface area (Å²) in [5.74, 6) is 0.367. The van der Waals surface area contributed by atoms with Gasteiger partial charge in [-0.3, -0.25) is 9.69 Å². The van der Waals surface area contributed by atoms with Crippen molar-refractivity contribution in [3.63, 3.8) is 0 Å². The van der Waals surface area contributed by atoms with Crippen LogP contribution in [0.2, 0.25) is 0 Å². The topological polar surface area (TPSA) is 55.6 Å². The number of carbonyl (C=O) groups is 1. The van der Waals surface area contributed by atoms with Gasteiger partial charge in [-0.15, -0.1) is 12.4 Å². The van der Waals surface area contributed by atoms with Crippen LogP contribution in [0.1, 0.15) is 20.3 Å². The van der Waals surface area contributed by atoms with E-state index in [1.165, 1.54) is 7.11 Å². The van der Waals surface area contributed by atoms with Crippen LogP contribution in [0.15, 0.2) is 0 Å². The lowest BCUT2D eigenvalue weighted by Crippen LogP contribution is -2.42. The summed E-state index contributed by atoms with van der Waals surface area (Å²) in [7, 11) is 1.43. The Hall–Kier alpha value is -0.320. The first-order chi connectivity index (χ1) is 6.60. The molecule has 1 saturated heterocycles. The minimum absolute atomic E-state index is 0. The van der Waals surface area contributed by atoms with Crippen LogP contribution in [0.25, 0.3) is 0 Å². The standard InChI is InChI=1S/C10H20N2O2.ClH/c1-7-4-9(5-11)6-12(7)8(2)10(13)14-3;/h7-9H,4-6,11H2,1-3H3;1H. The Labute approximate surface area is 97.5 Å². The molecule has 0 amide bonds. The largest absolute Gasteiger partial charge is 0.468 e. The van der Waals surface area contributed by atoms with Crippen molar-refractivity contribution in [2.75, 3.05) is 20.2 Å². The number of ether oxygens (including phenoxy) is 1. The molecule has 0 saturated carbocycles. The number of hydrogen-bond donors (Lipinski definition) is 1. The van der Waals surface area contributed by atoms with Gasteiger partial charge in [0, 0.05) is 12.6 Å². The number of nitrogens with zero attached hydrogens (tertiary/aromatic N) is 1. The summed E-state index contributed by atoms with van der Waals surface area (Å²) in [5, 5.41) is 0. The number of halogens is 1. The van der Waals surface area contributed by atoms with Gasteiger partial charge in [0.25, 0.3) is 0 Å². The van der Waals surface area contributed by atoms with Crippen LogP contribution in [0.5, 0.6) is 0 Å². The summed E-state index contributed by atoms with van der Waals surface area (Å²) in [4.78, 5) is 13.5. The Morgan fingerprint density at radius 3 is 2.67 bits per heavy atom. The fourth-order valence-corrected chi connectivity index (χ4v) is 2.19. The average molecular weight is 237 g/mol. The van der Waals surface area contributed by atoms with Crippen LogP contribution in [-0.4, -0.2) is 43.2 Å². The molecule has 1 rings (SSSR count). The van der Waals surface area contributed by atoms with E-state index in [1.54, 1.807) is 0 Å². The molecule has 90 valence electrons. The van der Waals surface area contributed by atoms with Gasteiger partial charge in [-0.25, -0.2) is 0 Å². The van der Waals surface area contributed by atoms with Gasteiger partial charge < -0.3 is 10.5 Å². The number of carbonyl (C=O) groups excluding carboxylic acids is 1. The van der Waals surface area contributed by atoms with Gasteiger partial charge in [-0.1, -0.05) is 0 Å². The zero-order chi connectivity index (χ0) is 10.7. The molecule has 0 aliphatic carbocycles. The first-order valence-electron chi connectivity index (χ1n) is 5.13. The third kappa shape index (κ3) is 3.33. The van der Waals surface area contributed by atoms with Gasteiger partial charge in [-0.05, 0) is 32.7 Å². The minimum Gasteiger partial charge on any atom is -0.468 e. The lowest BCUT2D eigenvalue weighted by molar-refractivity contribution is -0.146. The van der Waals surface area contributed by atoms with Crippen LogP contribution in [-0.2, 0) is 9.53 Å². The minimum atomic E-state index is -0.158. The summed E-state index contributed by atoms with van der Waals surface area (Å²) in [6.07, 6.45) is 1.08. The van der Waals surface area contributed by atoms with E-state index >= 15 is 0 Å². The van der Waals surface area contributed by atoms with Crippen molar-refractivity contribution in [3.8, 4) is 0 Å². The number of rotatable bonds is 3. The fourth-order valence-electron chi connectivity index (χ4n) is 2.19. The molecular formula is C10H21ClN2O2. The maximum absolute atomic E-state index is 11.3. The van der Waals surface area contributed by atoms with E-state index in [4.69, 9.17) is 10.5 Å². The Bertz CT molecular complexity index is 214. The molecule has 0 bridgehead atoms. The second-order valence-electron chi connectivity index (χ2n) is 4.08. The van der Waals surface area contributed by atoms with Crippen molar-refractivity contribution in [2.24, 2.45) is 11.7 Å². The molecule has 2 N–H and O–H groups in total. The maximum atomic E-state index is 11.3. The normalized spacial score (nSPS) is 28.3. The number of nitrogens with two attached hydrogens (primary N) is 1. The molecule has 5 heteroatoms. The van der Waals surface area contributed by atoms with Crippen LogP contribution >= 0.6 is 12.4 Å². The third-order valence-corrected chi connectivity index (χ3v) is 3.08. The van der Waals surface area contributed by atoms with Gasteiger partial charge in [-0.2, -0.15) is 0 Å². The van der Waals surface area contributed by atoms with Crippen molar-refractivity contribution >= 4 is 18.4 Å². The Morgan fingerprint density at radius 2 is 2.27 bits per heavy atom. The number of methoxy groups -OCH3 is 1. The Balaban J connectivity index is 0.00000196. The van der Waals surface area contributed by atoms with Gasteiger partial charge in [0.05, 0.1) is 7.11 Å². The summed E-state index contributed by atoms with van der Waals surface area (Å²) >= 11 is 0. The molecule has 1 aliphatic heterocycles. The summed E-state index contributed by atoms with van der Waals surface area (Å²) in [6, 6.07) is 0.282. The molecule has 4 nitrogen and oxygen atoms in total. The molecule has 0 aromatic rings. The highest BCUT2D eigenvalue weighted by Crippen LogP contribution is 2.24. The van der Waals surface area contributed by atoms with E-state index in [1.807, 2.05) is 6.92 Å². The third-order valence-electron chi connectivity index (χ3n) is 3.08. The SMILES string of the molecule is COC(=O)C(C)N1CC(CN)CC1C.Cl. The van der Waals surface area contributed by atoms with E-state index in [9.17, 15) is 4.79 Å². The molecule has 1 heterocycles. The second kappa shape index (κ2) is 6.30. The molecule has 0 aromatic carbocycles. The molecule has 1 aliphatic rings. The highest BCUT2D eigenvalue weighted by Gasteiger charge is 2.34. The molecule has 3 unspecified atom stereocenters. The number of esters is 1. The summed E-state index contributed by atoms with van der Waals surface area (Å²) in [5.41, 5.74) is 5.62. The lowest BCUT2D eigenvalue weighted by atomic mass is 10.1. The fraction of sp³-hybridized carbons (Fsp3) is 0.900. The smallest absolute Gasteiger partial charge is 0.322 e. The Kier molecular flexibility index (Phi) is 6.17. The van der Waals surface area contributed by atoms with Gasteiger partial charge in [0.2, 0.25) is 0 Å². The first kappa shape index (κ1) is 14.7. The van der Waals surface area contributed by atoms with Crippen molar-refractivity contribution in [1.29, 1.82) is 0 Å².